The number of anilines is 1. The molecular weight excluding hydrogens is 551 g/mol. The lowest BCUT2D eigenvalue weighted by atomic mass is 10.1. The van der Waals surface area contributed by atoms with E-state index in [0.29, 0.717) is 0 Å². The summed E-state index contributed by atoms with van der Waals surface area (Å²) in [6, 6.07) is 2.75. The van der Waals surface area contributed by atoms with Crippen molar-refractivity contribution < 1.29 is 9.59 Å². The molecule has 0 atom stereocenters. The normalized spacial score (nSPS) is 13.7. The van der Waals surface area contributed by atoms with Crippen molar-refractivity contribution in [2.75, 3.05) is 4.90 Å². The van der Waals surface area contributed by atoms with Gasteiger partial charge >= 0.3 is 0 Å². The first-order valence-corrected chi connectivity index (χ1v) is 9.53. The predicted molar refractivity (Wildman–Crippen MR) is 104 cm³/mol. The number of nitrogens with zero attached hydrogens (tertiary/aromatic N) is 1. The zero-order valence-electron chi connectivity index (χ0n) is 11.1. The minimum absolute atomic E-state index is 0.100. The molecule has 2 amide bonds. The Labute approximate surface area is 178 Å². The van der Waals surface area contributed by atoms with E-state index in [-0.39, 0.29) is 50.9 Å². The second-order valence-corrected chi connectivity index (χ2v) is 8.21. The van der Waals surface area contributed by atoms with Gasteiger partial charge < -0.3 is 0 Å². The molecular formula is C14H2Br2Cl5NO2. The number of carbonyl (C=O) groups excluding carboxylic acids is 2. The maximum absolute atomic E-state index is 12.8. The van der Waals surface area contributed by atoms with E-state index in [2.05, 4.69) is 31.9 Å². The van der Waals surface area contributed by atoms with Crippen LogP contribution in [0.25, 0.3) is 0 Å². The van der Waals surface area contributed by atoms with Crippen molar-refractivity contribution >= 4 is 107 Å². The average molecular weight is 553 g/mol. The highest BCUT2D eigenvalue weighted by molar-refractivity contribution is 9.11. The van der Waals surface area contributed by atoms with E-state index < -0.39 is 11.8 Å². The molecule has 2 aromatic carbocycles. The molecule has 0 bridgehead atoms. The molecule has 124 valence electrons. The Morgan fingerprint density at radius 1 is 0.708 bits per heavy atom. The number of rotatable bonds is 1. The number of amides is 2. The molecule has 0 saturated carbocycles. The van der Waals surface area contributed by atoms with Gasteiger partial charge in [-0.1, -0.05) is 58.0 Å². The lowest BCUT2D eigenvalue weighted by Crippen LogP contribution is -2.29. The number of benzene rings is 2. The van der Waals surface area contributed by atoms with Crippen molar-refractivity contribution in [3.8, 4) is 0 Å². The van der Waals surface area contributed by atoms with Crippen LogP contribution in [0.3, 0.4) is 0 Å². The lowest BCUT2D eigenvalue weighted by molar-refractivity contribution is 0.0926. The summed E-state index contributed by atoms with van der Waals surface area (Å²) in [5, 5.41) is 0.608. The van der Waals surface area contributed by atoms with Crippen molar-refractivity contribution in [2.24, 2.45) is 0 Å². The fourth-order valence-corrected chi connectivity index (χ4v) is 4.58. The molecule has 2 aromatic rings. The third kappa shape index (κ3) is 2.69. The van der Waals surface area contributed by atoms with Crippen molar-refractivity contribution in [3.05, 3.63) is 57.3 Å². The lowest BCUT2D eigenvalue weighted by Gasteiger charge is -2.15. The number of imide groups is 1. The van der Waals surface area contributed by atoms with Crippen LogP contribution in [0.5, 0.6) is 0 Å². The maximum Gasteiger partial charge on any atom is 0.267 e. The van der Waals surface area contributed by atoms with Gasteiger partial charge in [0, 0.05) is 0 Å². The van der Waals surface area contributed by atoms with Crippen molar-refractivity contribution in [1.82, 2.24) is 0 Å². The van der Waals surface area contributed by atoms with E-state index in [1.54, 1.807) is 0 Å². The minimum Gasteiger partial charge on any atom is -0.268 e. The first-order valence-electron chi connectivity index (χ1n) is 6.06. The Morgan fingerprint density at radius 3 is 1.46 bits per heavy atom. The Kier molecular flexibility index (Phi) is 5.18. The zero-order chi connectivity index (χ0) is 17.9. The molecule has 1 aliphatic heterocycles. The SMILES string of the molecule is O=C1c2c(Br)c(Cl)c(Cl)c(Br)c2C(=O)N1c1cc(Cl)c(Cl)c(Cl)c1. The van der Waals surface area contributed by atoms with Crippen LogP contribution in [0.2, 0.25) is 25.1 Å². The number of fused-ring (bicyclic) bond motifs is 1. The first kappa shape index (κ1) is 18.8. The van der Waals surface area contributed by atoms with Gasteiger partial charge in [0.1, 0.15) is 0 Å². The molecule has 0 unspecified atom stereocenters. The number of carbonyl (C=O) groups is 2. The molecule has 0 aliphatic carbocycles. The van der Waals surface area contributed by atoms with Gasteiger partial charge in [-0.2, -0.15) is 0 Å². The van der Waals surface area contributed by atoms with E-state index in [1.165, 1.54) is 12.1 Å². The summed E-state index contributed by atoms with van der Waals surface area (Å²) >= 11 is 36.5. The molecule has 0 aromatic heterocycles. The molecule has 1 heterocycles. The number of halogens is 7. The molecule has 0 N–H and O–H groups in total. The van der Waals surface area contributed by atoms with Crippen molar-refractivity contribution in [2.45, 2.75) is 0 Å². The summed E-state index contributed by atoms with van der Waals surface area (Å²) in [6.07, 6.45) is 0. The van der Waals surface area contributed by atoms with Crippen LogP contribution in [0.15, 0.2) is 21.1 Å². The van der Waals surface area contributed by atoms with Gasteiger partial charge in [0.25, 0.3) is 11.8 Å². The summed E-state index contributed by atoms with van der Waals surface area (Å²) in [7, 11) is 0. The van der Waals surface area contributed by atoms with E-state index >= 15 is 0 Å². The van der Waals surface area contributed by atoms with Gasteiger partial charge in [0.2, 0.25) is 0 Å². The van der Waals surface area contributed by atoms with E-state index in [0.717, 1.165) is 4.90 Å². The van der Waals surface area contributed by atoms with Crippen molar-refractivity contribution in [1.29, 1.82) is 0 Å². The van der Waals surface area contributed by atoms with Crippen LogP contribution in [-0.2, 0) is 0 Å². The Balaban J connectivity index is 2.26. The fraction of sp³-hybridized carbons (Fsp3) is 0. The second-order valence-electron chi connectivity index (χ2n) is 4.68. The molecule has 10 heteroatoms. The van der Waals surface area contributed by atoms with Gasteiger partial charge in [0.15, 0.2) is 0 Å². The Hall–Kier alpha value is -0.0100. The van der Waals surface area contributed by atoms with Crippen LogP contribution in [-0.4, -0.2) is 11.8 Å². The zero-order valence-corrected chi connectivity index (χ0v) is 18.0. The minimum atomic E-state index is -0.587. The highest BCUT2D eigenvalue weighted by Gasteiger charge is 2.42. The van der Waals surface area contributed by atoms with Crippen LogP contribution >= 0.6 is 89.9 Å². The molecule has 0 saturated heterocycles. The topological polar surface area (TPSA) is 37.4 Å². The smallest absolute Gasteiger partial charge is 0.267 e. The average Bonchev–Trinajstić information content (AvgIpc) is 2.79. The fourth-order valence-electron chi connectivity index (χ4n) is 2.25. The van der Waals surface area contributed by atoms with Gasteiger partial charge in [0.05, 0.1) is 50.9 Å². The summed E-state index contributed by atoms with van der Waals surface area (Å²) in [4.78, 5) is 26.5. The van der Waals surface area contributed by atoms with Gasteiger partial charge in [-0.05, 0) is 44.0 Å². The van der Waals surface area contributed by atoms with E-state index in [4.69, 9.17) is 58.0 Å². The number of hydrogen-bond acceptors (Lipinski definition) is 2. The molecule has 0 spiro atoms. The monoisotopic (exact) mass is 549 g/mol. The third-order valence-corrected chi connectivity index (χ3v) is 7.42. The van der Waals surface area contributed by atoms with Crippen LogP contribution in [0.4, 0.5) is 5.69 Å². The number of hydrogen-bond donors (Lipinski definition) is 0. The highest BCUT2D eigenvalue weighted by atomic mass is 79.9. The van der Waals surface area contributed by atoms with Gasteiger partial charge in [-0.3, -0.25) is 9.59 Å². The molecule has 3 rings (SSSR count). The third-order valence-electron chi connectivity index (χ3n) is 3.33. The van der Waals surface area contributed by atoms with Crippen LogP contribution in [0.1, 0.15) is 20.7 Å². The molecule has 24 heavy (non-hydrogen) atoms. The molecule has 0 radical (unpaired) electrons. The Morgan fingerprint density at radius 2 is 1.08 bits per heavy atom. The largest absolute Gasteiger partial charge is 0.268 e. The van der Waals surface area contributed by atoms with Gasteiger partial charge in [-0.25, -0.2) is 4.90 Å². The molecule has 0 fully saturated rings. The molecule has 1 aliphatic rings. The first-order chi connectivity index (χ1) is 11.2. The summed E-state index contributed by atoms with van der Waals surface area (Å²) < 4.78 is 0.471. The summed E-state index contributed by atoms with van der Waals surface area (Å²) in [5.41, 5.74) is 0.388. The van der Waals surface area contributed by atoms with E-state index in [1.807, 2.05) is 0 Å². The standard InChI is InChI=1S/C14H2Br2Cl5NO2/c15-8-6-7(9(16)12(21)11(8)20)14(24)22(13(6)23)3-1-4(17)10(19)5(18)2-3/h1-2H. The predicted octanol–water partition coefficient (Wildman–Crippen LogP) is 7.28. The second kappa shape index (κ2) is 6.62. The quantitative estimate of drug-likeness (QED) is 0.212. The summed E-state index contributed by atoms with van der Waals surface area (Å²) in [6.45, 7) is 0. The van der Waals surface area contributed by atoms with Gasteiger partial charge in [-0.15, -0.1) is 0 Å². The van der Waals surface area contributed by atoms with E-state index in [9.17, 15) is 9.59 Å². The molecule has 3 nitrogen and oxygen atoms in total. The van der Waals surface area contributed by atoms with Crippen LogP contribution < -0.4 is 4.90 Å². The van der Waals surface area contributed by atoms with Crippen molar-refractivity contribution in [3.63, 3.8) is 0 Å². The highest BCUT2D eigenvalue weighted by Crippen LogP contribution is 2.46. The Bertz CT molecular complexity index is 877. The maximum atomic E-state index is 12.8. The summed E-state index contributed by atoms with van der Waals surface area (Å²) in [5.74, 6) is -1.17. The van der Waals surface area contributed by atoms with Crippen LogP contribution in [0, 0.1) is 0 Å².